The van der Waals surface area contributed by atoms with Gasteiger partial charge in [0.05, 0.1) is 12.7 Å². The molecular formula is C10H20O2. The summed E-state index contributed by atoms with van der Waals surface area (Å²) in [6.45, 7) is 2.72. The lowest BCUT2D eigenvalue weighted by Crippen LogP contribution is -2.21. The molecule has 12 heavy (non-hydrogen) atoms. The molecule has 1 saturated carbocycles. The van der Waals surface area contributed by atoms with Crippen LogP contribution in [-0.4, -0.2) is 24.9 Å². The summed E-state index contributed by atoms with van der Waals surface area (Å²) in [5.41, 5.74) is 0. The van der Waals surface area contributed by atoms with E-state index in [1.165, 1.54) is 19.3 Å². The zero-order valence-electron chi connectivity index (χ0n) is 8.12. The molecule has 0 aromatic carbocycles. The second-order valence-corrected chi connectivity index (χ2v) is 4.02. The van der Waals surface area contributed by atoms with E-state index in [1.807, 2.05) is 6.92 Å². The molecule has 2 unspecified atom stereocenters. The quantitative estimate of drug-likeness (QED) is 0.662. The highest BCUT2D eigenvalue weighted by atomic mass is 16.5. The molecule has 2 nitrogen and oxygen atoms in total. The Balaban J connectivity index is 2.03. The van der Waals surface area contributed by atoms with Crippen molar-refractivity contribution < 1.29 is 9.84 Å². The summed E-state index contributed by atoms with van der Waals surface area (Å²) in [5, 5.41) is 9.65. The molecule has 0 bridgehead atoms. The van der Waals surface area contributed by atoms with Gasteiger partial charge in [0, 0.05) is 13.0 Å². The second kappa shape index (κ2) is 4.83. The van der Waals surface area contributed by atoms with E-state index in [4.69, 9.17) is 4.74 Å². The lowest BCUT2D eigenvalue weighted by Gasteiger charge is -2.17. The lowest BCUT2D eigenvalue weighted by molar-refractivity contribution is 0.0498. The van der Waals surface area contributed by atoms with Gasteiger partial charge in [-0.25, -0.2) is 0 Å². The van der Waals surface area contributed by atoms with Gasteiger partial charge in [-0.2, -0.15) is 0 Å². The number of hydrogen-bond acceptors (Lipinski definition) is 2. The average Bonchev–Trinajstić information content (AvgIpc) is 2.83. The van der Waals surface area contributed by atoms with Gasteiger partial charge in [0.1, 0.15) is 0 Å². The van der Waals surface area contributed by atoms with Crippen molar-refractivity contribution in [2.75, 3.05) is 13.7 Å². The molecule has 1 aliphatic rings. The molecule has 1 N–H and O–H groups in total. The molecule has 0 saturated heterocycles. The third-order valence-electron chi connectivity index (χ3n) is 2.65. The van der Waals surface area contributed by atoms with Crippen LogP contribution in [0.5, 0.6) is 0 Å². The van der Waals surface area contributed by atoms with Gasteiger partial charge in [0.2, 0.25) is 0 Å². The van der Waals surface area contributed by atoms with Crippen LogP contribution in [0.15, 0.2) is 0 Å². The van der Waals surface area contributed by atoms with Crippen molar-refractivity contribution in [3.8, 4) is 0 Å². The molecule has 1 aliphatic carbocycles. The van der Waals surface area contributed by atoms with Crippen LogP contribution in [0, 0.1) is 11.8 Å². The maximum Gasteiger partial charge on any atom is 0.0587 e. The summed E-state index contributed by atoms with van der Waals surface area (Å²) < 4.78 is 4.99. The van der Waals surface area contributed by atoms with Crippen LogP contribution in [0.1, 0.15) is 32.6 Å². The summed E-state index contributed by atoms with van der Waals surface area (Å²) in [5.74, 6) is 1.21. The van der Waals surface area contributed by atoms with Gasteiger partial charge in [-0.15, -0.1) is 0 Å². The van der Waals surface area contributed by atoms with Gasteiger partial charge in [-0.3, -0.25) is 0 Å². The fraction of sp³-hybridized carbons (Fsp3) is 1.00. The van der Waals surface area contributed by atoms with Crippen LogP contribution in [-0.2, 0) is 4.74 Å². The smallest absolute Gasteiger partial charge is 0.0587 e. The van der Waals surface area contributed by atoms with Gasteiger partial charge < -0.3 is 9.84 Å². The molecule has 2 atom stereocenters. The zero-order valence-corrected chi connectivity index (χ0v) is 8.12. The second-order valence-electron chi connectivity index (χ2n) is 4.02. The van der Waals surface area contributed by atoms with Crippen molar-refractivity contribution in [2.24, 2.45) is 11.8 Å². The first-order valence-electron chi connectivity index (χ1n) is 4.91. The number of aliphatic hydroxyl groups excluding tert-OH is 1. The topological polar surface area (TPSA) is 29.5 Å². The van der Waals surface area contributed by atoms with Gasteiger partial charge in [0.15, 0.2) is 0 Å². The highest BCUT2D eigenvalue weighted by molar-refractivity contribution is 4.75. The molecule has 1 rings (SSSR count). The Morgan fingerprint density at radius 3 is 2.67 bits per heavy atom. The normalized spacial score (nSPS) is 22.2. The Morgan fingerprint density at radius 2 is 2.17 bits per heavy atom. The summed E-state index contributed by atoms with van der Waals surface area (Å²) in [7, 11) is 1.68. The molecule has 0 heterocycles. The Kier molecular flexibility index (Phi) is 4.02. The predicted molar refractivity (Wildman–Crippen MR) is 49.0 cm³/mol. The van der Waals surface area contributed by atoms with Crippen LogP contribution in [0.3, 0.4) is 0 Å². The van der Waals surface area contributed by atoms with E-state index in [0.29, 0.717) is 6.61 Å². The van der Waals surface area contributed by atoms with E-state index < -0.39 is 0 Å². The largest absolute Gasteiger partial charge is 0.393 e. The highest BCUT2D eigenvalue weighted by Gasteiger charge is 2.23. The van der Waals surface area contributed by atoms with Crippen LogP contribution < -0.4 is 0 Å². The minimum atomic E-state index is -0.162. The van der Waals surface area contributed by atoms with Crippen LogP contribution in [0.25, 0.3) is 0 Å². The summed E-state index contributed by atoms with van der Waals surface area (Å²) in [4.78, 5) is 0. The Bertz CT molecular complexity index is 121. The molecular weight excluding hydrogens is 152 g/mol. The van der Waals surface area contributed by atoms with Crippen molar-refractivity contribution in [3.05, 3.63) is 0 Å². The first-order chi connectivity index (χ1) is 5.74. The first-order valence-corrected chi connectivity index (χ1v) is 4.91. The minimum Gasteiger partial charge on any atom is -0.393 e. The van der Waals surface area contributed by atoms with Crippen molar-refractivity contribution in [2.45, 2.75) is 38.7 Å². The van der Waals surface area contributed by atoms with Crippen molar-refractivity contribution >= 4 is 0 Å². The molecule has 2 heteroatoms. The van der Waals surface area contributed by atoms with Crippen LogP contribution in [0.4, 0.5) is 0 Å². The average molecular weight is 172 g/mol. The molecule has 0 radical (unpaired) electrons. The van der Waals surface area contributed by atoms with E-state index in [0.717, 1.165) is 12.3 Å². The maximum absolute atomic E-state index is 9.65. The molecule has 0 aromatic heterocycles. The number of methoxy groups -OCH3 is 1. The van der Waals surface area contributed by atoms with Gasteiger partial charge in [-0.1, -0.05) is 19.8 Å². The summed E-state index contributed by atoms with van der Waals surface area (Å²) >= 11 is 0. The SMILES string of the molecule is COCC(C)C(O)CCC1CC1. The molecule has 0 aliphatic heterocycles. The summed E-state index contributed by atoms with van der Waals surface area (Å²) in [6.07, 6.45) is 4.76. The number of aliphatic hydroxyl groups is 1. The van der Waals surface area contributed by atoms with E-state index in [9.17, 15) is 5.11 Å². The first kappa shape index (κ1) is 10.0. The highest BCUT2D eigenvalue weighted by Crippen LogP contribution is 2.34. The molecule has 1 fully saturated rings. The summed E-state index contributed by atoms with van der Waals surface area (Å²) in [6, 6.07) is 0. The van der Waals surface area contributed by atoms with Gasteiger partial charge in [-0.05, 0) is 18.8 Å². The standard InChI is InChI=1S/C10H20O2/c1-8(7-12-2)10(11)6-5-9-3-4-9/h8-11H,3-7H2,1-2H3. The molecule has 0 spiro atoms. The van der Waals surface area contributed by atoms with Crippen molar-refractivity contribution in [3.63, 3.8) is 0 Å². The number of rotatable bonds is 6. The molecule has 0 amide bonds. The number of hydrogen-bond donors (Lipinski definition) is 1. The van der Waals surface area contributed by atoms with Gasteiger partial charge >= 0.3 is 0 Å². The van der Waals surface area contributed by atoms with Crippen molar-refractivity contribution in [1.82, 2.24) is 0 Å². The zero-order chi connectivity index (χ0) is 8.97. The van der Waals surface area contributed by atoms with Crippen molar-refractivity contribution in [1.29, 1.82) is 0 Å². The predicted octanol–water partition coefficient (Wildman–Crippen LogP) is 1.82. The Labute approximate surface area is 74.9 Å². The minimum absolute atomic E-state index is 0.162. The number of ether oxygens (including phenoxy) is 1. The fourth-order valence-corrected chi connectivity index (χ4v) is 1.47. The lowest BCUT2D eigenvalue weighted by atomic mass is 10.00. The van der Waals surface area contributed by atoms with Crippen LogP contribution in [0.2, 0.25) is 0 Å². The fourth-order valence-electron chi connectivity index (χ4n) is 1.47. The van der Waals surface area contributed by atoms with E-state index in [-0.39, 0.29) is 12.0 Å². The van der Waals surface area contributed by atoms with E-state index >= 15 is 0 Å². The van der Waals surface area contributed by atoms with E-state index in [1.54, 1.807) is 7.11 Å². The Morgan fingerprint density at radius 1 is 1.50 bits per heavy atom. The monoisotopic (exact) mass is 172 g/mol. The molecule has 0 aromatic rings. The van der Waals surface area contributed by atoms with Gasteiger partial charge in [0.25, 0.3) is 0 Å². The van der Waals surface area contributed by atoms with E-state index in [2.05, 4.69) is 0 Å². The third-order valence-corrected chi connectivity index (χ3v) is 2.65. The maximum atomic E-state index is 9.65. The molecule has 72 valence electrons. The third kappa shape index (κ3) is 3.55. The van der Waals surface area contributed by atoms with Crippen LogP contribution >= 0.6 is 0 Å². The Hall–Kier alpha value is -0.0800.